The Labute approximate surface area is 226 Å². The topological polar surface area (TPSA) is 120 Å². The molecular formula is C27H34ClN5O5. The lowest BCUT2D eigenvalue weighted by atomic mass is 9.96. The Morgan fingerprint density at radius 1 is 1.26 bits per heavy atom. The van der Waals surface area contributed by atoms with Crippen LogP contribution in [0.1, 0.15) is 12.8 Å². The van der Waals surface area contributed by atoms with E-state index < -0.39 is 0 Å². The second-order valence-corrected chi connectivity index (χ2v) is 9.68. The number of carbonyl (C=O) groups excluding carboxylic acids is 1. The number of carboxylic acid groups (broad SMARTS) is 1. The predicted octanol–water partition coefficient (Wildman–Crippen LogP) is 3.26. The van der Waals surface area contributed by atoms with Crippen LogP contribution >= 0.6 is 11.6 Å². The smallest absolute Gasteiger partial charge is 0.290 e. The number of amides is 1. The van der Waals surface area contributed by atoms with E-state index in [0.29, 0.717) is 18.1 Å². The molecule has 2 aliphatic heterocycles. The lowest BCUT2D eigenvalue weighted by Gasteiger charge is -2.34. The number of morpholine rings is 1. The van der Waals surface area contributed by atoms with Crippen LogP contribution in [-0.4, -0.2) is 91.9 Å². The SMILES string of the molecule is COc1ccc2nc(-c3cc(N4CCC[C@@H](C(=O)NCCN5CCOCC5)C4)ccc3Cl)[nH]c2c1.O=CO. The standard InChI is InChI=1S/C26H32ClN5O3.CH2O2/c1-34-20-5-7-23-24(16-20)30-25(29-23)21-15-19(4-6-22(21)27)32-9-2-3-18(17-32)26(33)28-8-10-31-11-13-35-14-12-31;2-1-3/h4-7,15-16,18H,2-3,8-14,17H2,1H3,(H,28,33)(H,29,30);1H,(H,2,3)/t18-;/m1./s1. The number of methoxy groups -OCH3 is 1. The number of anilines is 1. The molecule has 3 aromatic rings. The molecule has 3 N–H and O–H groups in total. The number of rotatable bonds is 7. The third kappa shape index (κ3) is 6.94. The molecule has 0 unspecified atom stereocenters. The summed E-state index contributed by atoms with van der Waals surface area (Å²) < 4.78 is 10.7. The van der Waals surface area contributed by atoms with Gasteiger partial charge in [0.1, 0.15) is 11.6 Å². The van der Waals surface area contributed by atoms with Crippen molar-refractivity contribution in [3.63, 3.8) is 0 Å². The highest BCUT2D eigenvalue weighted by Crippen LogP contribution is 2.33. The summed E-state index contributed by atoms with van der Waals surface area (Å²) in [6, 6.07) is 11.7. The number of H-pyrrole nitrogens is 1. The summed E-state index contributed by atoms with van der Waals surface area (Å²) in [7, 11) is 1.65. The molecule has 11 heteroatoms. The normalized spacial score (nSPS) is 17.9. The second kappa shape index (κ2) is 13.5. The molecule has 2 fully saturated rings. The number of benzene rings is 2. The van der Waals surface area contributed by atoms with Crippen LogP contribution in [-0.2, 0) is 14.3 Å². The Morgan fingerprint density at radius 2 is 2.05 bits per heavy atom. The summed E-state index contributed by atoms with van der Waals surface area (Å²) in [5.74, 6) is 1.61. The van der Waals surface area contributed by atoms with Crippen molar-refractivity contribution in [2.75, 3.05) is 64.5 Å². The molecule has 10 nitrogen and oxygen atoms in total. The molecule has 2 aliphatic rings. The number of fused-ring (bicyclic) bond motifs is 1. The Kier molecular flexibility index (Phi) is 9.80. The molecular weight excluding hydrogens is 510 g/mol. The van der Waals surface area contributed by atoms with E-state index in [1.807, 2.05) is 30.3 Å². The van der Waals surface area contributed by atoms with Gasteiger partial charge in [-0.2, -0.15) is 0 Å². The Bertz CT molecular complexity index is 1230. The number of nitrogens with one attached hydrogen (secondary N) is 2. The van der Waals surface area contributed by atoms with E-state index >= 15 is 0 Å². The highest BCUT2D eigenvalue weighted by molar-refractivity contribution is 6.33. The first-order chi connectivity index (χ1) is 18.5. The average Bonchev–Trinajstić information content (AvgIpc) is 3.37. The third-order valence-corrected chi connectivity index (χ3v) is 7.21. The van der Waals surface area contributed by atoms with E-state index in [-0.39, 0.29) is 18.3 Å². The first-order valence-electron chi connectivity index (χ1n) is 12.8. The minimum absolute atomic E-state index is 0.0220. The average molecular weight is 544 g/mol. The molecule has 2 saturated heterocycles. The van der Waals surface area contributed by atoms with Gasteiger partial charge in [-0.05, 0) is 43.2 Å². The van der Waals surface area contributed by atoms with Crippen molar-refractivity contribution in [3.8, 4) is 17.1 Å². The largest absolute Gasteiger partial charge is 0.497 e. The van der Waals surface area contributed by atoms with Crippen LogP contribution in [0.4, 0.5) is 5.69 Å². The van der Waals surface area contributed by atoms with Crippen LogP contribution < -0.4 is 15.0 Å². The Hall–Kier alpha value is -3.34. The fraction of sp³-hybridized carbons (Fsp3) is 0.444. The highest BCUT2D eigenvalue weighted by Gasteiger charge is 2.26. The van der Waals surface area contributed by atoms with Crippen molar-refractivity contribution in [2.24, 2.45) is 5.92 Å². The molecule has 0 saturated carbocycles. The van der Waals surface area contributed by atoms with Gasteiger partial charge in [-0.15, -0.1) is 0 Å². The fourth-order valence-electron chi connectivity index (χ4n) is 4.87. The van der Waals surface area contributed by atoms with Gasteiger partial charge in [-0.1, -0.05) is 11.6 Å². The van der Waals surface area contributed by atoms with Crippen molar-refractivity contribution in [2.45, 2.75) is 12.8 Å². The summed E-state index contributed by atoms with van der Waals surface area (Å²) in [6.45, 7) is 6.33. The monoisotopic (exact) mass is 543 g/mol. The number of hydrogen-bond acceptors (Lipinski definition) is 7. The molecule has 38 heavy (non-hydrogen) atoms. The van der Waals surface area contributed by atoms with E-state index in [9.17, 15) is 4.79 Å². The number of piperidine rings is 1. The molecule has 1 atom stereocenters. The molecule has 1 amide bonds. The maximum atomic E-state index is 12.9. The zero-order valence-corrected chi connectivity index (χ0v) is 22.2. The van der Waals surface area contributed by atoms with Crippen molar-refractivity contribution < 1.29 is 24.2 Å². The summed E-state index contributed by atoms with van der Waals surface area (Å²) in [4.78, 5) is 34.0. The second-order valence-electron chi connectivity index (χ2n) is 9.27. The zero-order valence-electron chi connectivity index (χ0n) is 21.5. The first kappa shape index (κ1) is 27.7. The maximum Gasteiger partial charge on any atom is 0.290 e. The van der Waals surface area contributed by atoms with Crippen LogP contribution in [0.2, 0.25) is 5.02 Å². The van der Waals surface area contributed by atoms with Gasteiger partial charge in [0.2, 0.25) is 5.91 Å². The fourth-order valence-corrected chi connectivity index (χ4v) is 5.07. The number of ether oxygens (including phenoxy) is 2. The summed E-state index contributed by atoms with van der Waals surface area (Å²) >= 11 is 6.58. The van der Waals surface area contributed by atoms with Crippen molar-refractivity contribution in [1.29, 1.82) is 0 Å². The van der Waals surface area contributed by atoms with Crippen LogP contribution in [0, 0.1) is 5.92 Å². The third-order valence-electron chi connectivity index (χ3n) is 6.88. The van der Waals surface area contributed by atoms with Gasteiger partial charge in [0.25, 0.3) is 6.47 Å². The molecule has 1 aromatic heterocycles. The molecule has 3 heterocycles. The zero-order chi connectivity index (χ0) is 26.9. The van der Waals surface area contributed by atoms with E-state index in [2.05, 4.69) is 26.2 Å². The predicted molar refractivity (Wildman–Crippen MR) is 147 cm³/mol. The molecule has 0 aliphatic carbocycles. The number of aromatic nitrogens is 2. The Morgan fingerprint density at radius 3 is 2.82 bits per heavy atom. The minimum Gasteiger partial charge on any atom is -0.497 e. The van der Waals surface area contributed by atoms with Crippen molar-refractivity contribution >= 4 is 40.7 Å². The molecule has 0 radical (unpaired) electrons. The molecule has 2 aromatic carbocycles. The number of aromatic amines is 1. The summed E-state index contributed by atoms with van der Waals surface area (Å²) in [6.07, 6.45) is 1.88. The van der Waals surface area contributed by atoms with E-state index in [0.717, 1.165) is 86.1 Å². The number of hydrogen-bond donors (Lipinski definition) is 3. The lowest BCUT2D eigenvalue weighted by molar-refractivity contribution is -0.125. The van der Waals surface area contributed by atoms with Crippen LogP contribution in [0.15, 0.2) is 36.4 Å². The van der Waals surface area contributed by atoms with Gasteiger partial charge in [-0.3, -0.25) is 14.5 Å². The van der Waals surface area contributed by atoms with Crippen LogP contribution in [0.3, 0.4) is 0 Å². The van der Waals surface area contributed by atoms with Gasteiger partial charge in [0.15, 0.2) is 0 Å². The van der Waals surface area contributed by atoms with Gasteiger partial charge >= 0.3 is 0 Å². The lowest BCUT2D eigenvalue weighted by Crippen LogP contribution is -2.46. The number of halogens is 1. The summed E-state index contributed by atoms with van der Waals surface area (Å²) in [5, 5.41) is 10.7. The number of nitrogens with zero attached hydrogens (tertiary/aromatic N) is 3. The van der Waals surface area contributed by atoms with E-state index in [1.54, 1.807) is 7.11 Å². The summed E-state index contributed by atoms with van der Waals surface area (Å²) in [5.41, 5.74) is 3.64. The van der Waals surface area contributed by atoms with Crippen molar-refractivity contribution in [1.82, 2.24) is 20.2 Å². The minimum atomic E-state index is -0.250. The highest BCUT2D eigenvalue weighted by atomic mass is 35.5. The van der Waals surface area contributed by atoms with E-state index in [1.165, 1.54) is 0 Å². The van der Waals surface area contributed by atoms with Crippen molar-refractivity contribution in [3.05, 3.63) is 41.4 Å². The van der Waals surface area contributed by atoms with Gasteiger partial charge in [0, 0.05) is 56.6 Å². The number of carbonyl (C=O) groups is 2. The van der Waals surface area contributed by atoms with Crippen LogP contribution in [0.5, 0.6) is 5.75 Å². The molecule has 204 valence electrons. The Balaban J connectivity index is 0.00000107. The van der Waals surface area contributed by atoms with Gasteiger partial charge in [0.05, 0.1) is 42.3 Å². The first-order valence-corrected chi connectivity index (χ1v) is 13.1. The van der Waals surface area contributed by atoms with Crippen LogP contribution in [0.25, 0.3) is 22.4 Å². The molecule has 5 rings (SSSR count). The molecule has 0 spiro atoms. The van der Waals surface area contributed by atoms with E-state index in [4.69, 9.17) is 36.0 Å². The van der Waals surface area contributed by atoms with Gasteiger partial charge < -0.3 is 29.8 Å². The quantitative estimate of drug-likeness (QED) is 0.388. The number of imidazole rings is 1. The maximum absolute atomic E-state index is 12.9. The molecule has 0 bridgehead atoms. The van der Waals surface area contributed by atoms with Gasteiger partial charge in [-0.25, -0.2) is 4.98 Å².